The molecule has 1 aromatic rings. The number of amides is 1. The van der Waals surface area contributed by atoms with Crippen LogP contribution in [0, 0.1) is 31.6 Å². The van der Waals surface area contributed by atoms with Crippen LogP contribution in [0.1, 0.15) is 48.9 Å². The largest absolute Gasteiger partial charge is 0.349 e. The van der Waals surface area contributed by atoms with Gasteiger partial charge in [-0.25, -0.2) is 0 Å². The fourth-order valence-electron chi connectivity index (χ4n) is 4.36. The van der Waals surface area contributed by atoms with E-state index in [2.05, 4.69) is 44.3 Å². The molecule has 5 unspecified atom stereocenters. The molecule has 0 spiro atoms. The molecule has 2 bridgehead atoms. The van der Waals surface area contributed by atoms with E-state index in [-0.39, 0.29) is 23.9 Å². The predicted molar refractivity (Wildman–Crippen MR) is 84.8 cm³/mol. The third kappa shape index (κ3) is 2.48. The highest BCUT2D eigenvalue weighted by molar-refractivity contribution is 5.81. The quantitative estimate of drug-likeness (QED) is 0.897. The van der Waals surface area contributed by atoms with Gasteiger partial charge >= 0.3 is 0 Å². The zero-order valence-corrected chi connectivity index (χ0v) is 13.2. The number of rotatable bonds is 3. The maximum Gasteiger partial charge on any atom is 0.225 e. The summed E-state index contributed by atoms with van der Waals surface area (Å²) < 4.78 is 0. The summed E-state index contributed by atoms with van der Waals surface area (Å²) >= 11 is 0. The number of aryl methyl sites for hydroxylation is 1. The summed E-state index contributed by atoms with van der Waals surface area (Å²) in [7, 11) is 0. The molecule has 2 aliphatic rings. The Bertz CT molecular complexity index is 552. The van der Waals surface area contributed by atoms with Crippen LogP contribution in [0.5, 0.6) is 0 Å². The molecule has 0 aliphatic heterocycles. The van der Waals surface area contributed by atoms with E-state index >= 15 is 0 Å². The van der Waals surface area contributed by atoms with Gasteiger partial charge in [-0.2, -0.15) is 0 Å². The fraction of sp³-hybridized carbons (Fsp3) is 0.611. The number of carbonyl (C=O) groups is 1. The highest BCUT2D eigenvalue weighted by atomic mass is 16.2. The molecule has 3 nitrogen and oxygen atoms in total. The highest BCUT2D eigenvalue weighted by Gasteiger charge is 2.49. The molecule has 0 aromatic heterocycles. The lowest BCUT2D eigenvalue weighted by Crippen LogP contribution is -2.45. The summed E-state index contributed by atoms with van der Waals surface area (Å²) in [6.07, 6.45) is 3.54. The molecule has 3 heteroatoms. The van der Waals surface area contributed by atoms with Gasteiger partial charge in [0.25, 0.3) is 0 Å². The Hall–Kier alpha value is -1.35. The number of benzene rings is 1. The average Bonchev–Trinajstić information content (AvgIpc) is 3.02. The molecule has 21 heavy (non-hydrogen) atoms. The topological polar surface area (TPSA) is 55.1 Å². The van der Waals surface area contributed by atoms with E-state index in [0.717, 1.165) is 6.42 Å². The van der Waals surface area contributed by atoms with Gasteiger partial charge in [0.15, 0.2) is 0 Å². The van der Waals surface area contributed by atoms with Gasteiger partial charge in [0.2, 0.25) is 5.91 Å². The highest BCUT2D eigenvalue weighted by Crippen LogP contribution is 2.47. The van der Waals surface area contributed by atoms with Gasteiger partial charge in [-0.15, -0.1) is 0 Å². The number of nitrogens with one attached hydrogen (secondary N) is 1. The first-order valence-electron chi connectivity index (χ1n) is 8.11. The van der Waals surface area contributed by atoms with E-state index in [1.54, 1.807) is 0 Å². The number of nitrogens with two attached hydrogens (primary N) is 1. The Morgan fingerprint density at radius 3 is 2.67 bits per heavy atom. The van der Waals surface area contributed by atoms with Crippen LogP contribution in [0.4, 0.5) is 0 Å². The monoisotopic (exact) mass is 286 g/mol. The average molecular weight is 286 g/mol. The lowest BCUT2D eigenvalue weighted by molar-refractivity contribution is -0.127. The van der Waals surface area contributed by atoms with Crippen LogP contribution >= 0.6 is 0 Å². The van der Waals surface area contributed by atoms with Crippen molar-refractivity contribution in [1.29, 1.82) is 0 Å². The Balaban J connectivity index is 1.71. The molecular weight excluding hydrogens is 260 g/mol. The Kier molecular flexibility index (Phi) is 3.78. The summed E-state index contributed by atoms with van der Waals surface area (Å²) in [5.41, 5.74) is 10.0. The maximum atomic E-state index is 12.6. The van der Waals surface area contributed by atoms with Crippen LogP contribution in [-0.2, 0) is 4.79 Å². The molecule has 0 heterocycles. The minimum Gasteiger partial charge on any atom is -0.349 e. The third-order valence-electron chi connectivity index (χ3n) is 5.76. The Morgan fingerprint density at radius 2 is 2.00 bits per heavy atom. The summed E-state index contributed by atoms with van der Waals surface area (Å²) in [5.74, 6) is 1.26. The first kappa shape index (κ1) is 14.6. The molecule has 0 radical (unpaired) electrons. The minimum absolute atomic E-state index is 0.0244. The van der Waals surface area contributed by atoms with Crippen molar-refractivity contribution in [1.82, 2.24) is 5.32 Å². The Morgan fingerprint density at radius 1 is 1.29 bits per heavy atom. The molecule has 5 atom stereocenters. The van der Waals surface area contributed by atoms with Gasteiger partial charge in [0, 0.05) is 6.04 Å². The van der Waals surface area contributed by atoms with E-state index in [4.69, 9.17) is 5.73 Å². The third-order valence-corrected chi connectivity index (χ3v) is 5.76. The SMILES string of the molecule is Cc1cccc(C(C)NC(=O)C2C3CCC(C3)C2N)c1C. The van der Waals surface area contributed by atoms with Gasteiger partial charge in [-0.3, -0.25) is 4.79 Å². The summed E-state index contributed by atoms with van der Waals surface area (Å²) in [5, 5.41) is 3.20. The van der Waals surface area contributed by atoms with Crippen molar-refractivity contribution in [2.45, 2.75) is 52.1 Å². The molecule has 0 saturated heterocycles. The number of carbonyl (C=O) groups excluding carboxylic acids is 1. The van der Waals surface area contributed by atoms with Crippen molar-refractivity contribution in [2.24, 2.45) is 23.5 Å². The lowest BCUT2D eigenvalue weighted by Gasteiger charge is -2.29. The van der Waals surface area contributed by atoms with Gasteiger partial charge in [-0.05, 0) is 68.6 Å². The second-order valence-electron chi connectivity index (χ2n) is 6.96. The van der Waals surface area contributed by atoms with Gasteiger partial charge in [0.1, 0.15) is 0 Å². The Labute approximate surface area is 127 Å². The first-order valence-corrected chi connectivity index (χ1v) is 8.11. The molecule has 2 saturated carbocycles. The van der Waals surface area contributed by atoms with Crippen LogP contribution in [0.25, 0.3) is 0 Å². The summed E-state index contributed by atoms with van der Waals surface area (Å²) in [4.78, 5) is 12.6. The molecule has 114 valence electrons. The summed E-state index contributed by atoms with van der Waals surface area (Å²) in [6, 6.07) is 6.38. The molecule has 2 aliphatic carbocycles. The normalized spacial score (nSPS) is 32.2. The second-order valence-corrected chi connectivity index (χ2v) is 6.96. The first-order chi connectivity index (χ1) is 9.99. The van der Waals surface area contributed by atoms with E-state index in [9.17, 15) is 4.79 Å². The predicted octanol–water partition coefficient (Wildman–Crippen LogP) is 2.85. The fourth-order valence-corrected chi connectivity index (χ4v) is 4.36. The number of hydrogen-bond donors (Lipinski definition) is 2. The number of fused-ring (bicyclic) bond motifs is 2. The van der Waals surface area contributed by atoms with Gasteiger partial charge < -0.3 is 11.1 Å². The second kappa shape index (κ2) is 5.45. The molecule has 1 aromatic carbocycles. The van der Waals surface area contributed by atoms with E-state index < -0.39 is 0 Å². The van der Waals surface area contributed by atoms with Crippen LogP contribution in [0.15, 0.2) is 18.2 Å². The van der Waals surface area contributed by atoms with Crippen molar-refractivity contribution in [3.63, 3.8) is 0 Å². The van der Waals surface area contributed by atoms with Gasteiger partial charge in [-0.1, -0.05) is 18.2 Å². The van der Waals surface area contributed by atoms with Crippen molar-refractivity contribution in [3.8, 4) is 0 Å². The smallest absolute Gasteiger partial charge is 0.225 e. The number of hydrogen-bond acceptors (Lipinski definition) is 2. The molecule has 1 amide bonds. The van der Waals surface area contributed by atoms with Crippen LogP contribution in [-0.4, -0.2) is 11.9 Å². The van der Waals surface area contributed by atoms with Crippen molar-refractivity contribution in [2.75, 3.05) is 0 Å². The minimum atomic E-state index is 0.0244. The molecule has 3 rings (SSSR count). The standard InChI is InChI=1S/C18H26N2O/c1-10-5-4-6-15(11(10)2)12(3)20-18(21)16-13-7-8-14(9-13)17(16)19/h4-6,12-14,16-17H,7-9,19H2,1-3H3,(H,20,21). The van der Waals surface area contributed by atoms with E-state index in [0.29, 0.717) is 11.8 Å². The van der Waals surface area contributed by atoms with E-state index in [1.165, 1.54) is 29.5 Å². The molecular formula is C18H26N2O. The lowest BCUT2D eigenvalue weighted by atomic mass is 9.84. The van der Waals surface area contributed by atoms with Crippen molar-refractivity contribution < 1.29 is 4.79 Å². The maximum absolute atomic E-state index is 12.6. The molecule has 3 N–H and O–H groups in total. The van der Waals surface area contributed by atoms with Crippen LogP contribution in [0.3, 0.4) is 0 Å². The summed E-state index contributed by atoms with van der Waals surface area (Å²) in [6.45, 7) is 6.30. The van der Waals surface area contributed by atoms with Gasteiger partial charge in [0.05, 0.1) is 12.0 Å². The molecule has 2 fully saturated rings. The van der Waals surface area contributed by atoms with Crippen LogP contribution in [0.2, 0.25) is 0 Å². The zero-order valence-electron chi connectivity index (χ0n) is 13.2. The zero-order chi connectivity index (χ0) is 15.1. The van der Waals surface area contributed by atoms with Crippen molar-refractivity contribution >= 4 is 5.91 Å². The van der Waals surface area contributed by atoms with Crippen LogP contribution < -0.4 is 11.1 Å². The van der Waals surface area contributed by atoms with E-state index in [1.807, 2.05) is 0 Å². The van der Waals surface area contributed by atoms with Crippen molar-refractivity contribution in [3.05, 3.63) is 34.9 Å².